The summed E-state index contributed by atoms with van der Waals surface area (Å²) >= 11 is 2.39. The summed E-state index contributed by atoms with van der Waals surface area (Å²) in [5, 5.41) is 7.82. The van der Waals surface area contributed by atoms with E-state index >= 15 is 0 Å². The van der Waals surface area contributed by atoms with Gasteiger partial charge in [-0.1, -0.05) is 11.3 Å². The van der Waals surface area contributed by atoms with Gasteiger partial charge in [0.05, 0.1) is 27.2 Å². The summed E-state index contributed by atoms with van der Waals surface area (Å²) in [6.07, 6.45) is 1.12. The second-order valence-corrected chi connectivity index (χ2v) is 11.2. The van der Waals surface area contributed by atoms with Gasteiger partial charge < -0.3 is 14.8 Å². The number of hydrogen-bond donors (Lipinski definition) is 2. The number of nitrogens with one attached hydrogen (secondary N) is 2. The minimum Gasteiger partial charge on any atom is -0.454 e. The molecule has 2 N–H and O–H groups in total. The third kappa shape index (κ3) is 4.71. The second-order valence-electron chi connectivity index (χ2n) is 7.31. The highest BCUT2D eigenvalue weighted by Crippen LogP contribution is 2.33. The first kappa shape index (κ1) is 22.3. The fraction of sp³-hybridized carbons (Fsp3) is 0.143. The van der Waals surface area contributed by atoms with Crippen LogP contribution in [0.3, 0.4) is 0 Å². The molecule has 174 valence electrons. The van der Waals surface area contributed by atoms with Crippen LogP contribution < -0.4 is 20.1 Å². The first-order valence-electron chi connectivity index (χ1n) is 9.80. The van der Waals surface area contributed by atoms with Crippen LogP contribution in [0.2, 0.25) is 0 Å². The molecule has 0 radical (unpaired) electrons. The molecular weight excluding hydrogens is 500 g/mol. The summed E-state index contributed by atoms with van der Waals surface area (Å²) in [4.78, 5) is 33.8. The number of hydrogen-bond acceptors (Lipinski definition) is 10. The first-order valence-corrected chi connectivity index (χ1v) is 13.4. The van der Waals surface area contributed by atoms with Crippen molar-refractivity contribution >= 4 is 64.8 Å². The van der Waals surface area contributed by atoms with E-state index in [4.69, 9.17) is 9.47 Å². The Kier molecular flexibility index (Phi) is 5.67. The number of rotatable bonds is 6. The largest absolute Gasteiger partial charge is 0.454 e. The number of benzene rings is 2. The molecule has 1 aliphatic rings. The van der Waals surface area contributed by atoms with Crippen molar-refractivity contribution in [1.29, 1.82) is 0 Å². The van der Waals surface area contributed by atoms with Crippen LogP contribution in [0.1, 0.15) is 16.1 Å². The third-order valence-corrected chi connectivity index (χ3v) is 7.63. The Morgan fingerprint density at radius 2 is 1.85 bits per heavy atom. The number of thiazole rings is 2. The Balaban J connectivity index is 1.21. The van der Waals surface area contributed by atoms with Crippen LogP contribution in [0.4, 0.5) is 10.3 Å². The zero-order valence-corrected chi connectivity index (χ0v) is 20.0. The van der Waals surface area contributed by atoms with Gasteiger partial charge in [0.25, 0.3) is 5.91 Å². The van der Waals surface area contributed by atoms with Crippen molar-refractivity contribution in [2.75, 3.05) is 23.7 Å². The lowest BCUT2D eigenvalue weighted by molar-refractivity contribution is -0.115. The number of sulfone groups is 1. The number of carbonyl (C=O) groups excluding carboxylic acids is 2. The number of aromatic nitrogens is 2. The van der Waals surface area contributed by atoms with Crippen molar-refractivity contribution in [2.45, 2.75) is 11.3 Å². The van der Waals surface area contributed by atoms with E-state index in [1.165, 1.54) is 34.8 Å². The molecule has 3 heterocycles. The molecule has 2 aromatic heterocycles. The predicted molar refractivity (Wildman–Crippen MR) is 128 cm³/mol. The molecule has 0 saturated heterocycles. The van der Waals surface area contributed by atoms with E-state index in [9.17, 15) is 18.0 Å². The Labute approximate surface area is 201 Å². The van der Waals surface area contributed by atoms with Crippen LogP contribution in [0.15, 0.2) is 46.7 Å². The lowest BCUT2D eigenvalue weighted by Crippen LogP contribution is -2.15. The number of amides is 2. The zero-order valence-electron chi connectivity index (χ0n) is 17.5. The summed E-state index contributed by atoms with van der Waals surface area (Å²) in [5.74, 6) is 0.405. The van der Waals surface area contributed by atoms with Gasteiger partial charge in [-0.15, -0.1) is 11.3 Å². The zero-order chi connectivity index (χ0) is 23.9. The lowest BCUT2D eigenvalue weighted by Gasteiger charge is -2.03. The van der Waals surface area contributed by atoms with Gasteiger partial charge in [0.2, 0.25) is 12.7 Å². The maximum Gasteiger partial charge on any atom is 0.257 e. The summed E-state index contributed by atoms with van der Waals surface area (Å²) in [7, 11) is -3.33. The number of anilines is 2. The van der Waals surface area contributed by atoms with Gasteiger partial charge in [0, 0.05) is 17.2 Å². The van der Waals surface area contributed by atoms with E-state index < -0.39 is 9.84 Å². The van der Waals surface area contributed by atoms with Crippen LogP contribution in [-0.4, -0.2) is 43.2 Å². The van der Waals surface area contributed by atoms with Gasteiger partial charge >= 0.3 is 0 Å². The number of fused-ring (bicyclic) bond motifs is 2. The standard InChI is InChI=1S/C21H16N4O6S3/c1-34(28,29)13-3-4-14-17(8-13)33-21(23-14)24-18(26)7-12-9-32-20(22-12)25-19(27)11-2-5-15-16(6-11)31-10-30-15/h2-6,8-9H,7,10H2,1H3,(H,22,25,27)(H,23,24,26). The smallest absolute Gasteiger partial charge is 0.257 e. The molecule has 0 atom stereocenters. The van der Waals surface area contributed by atoms with Crippen molar-refractivity contribution in [3.63, 3.8) is 0 Å². The number of carbonyl (C=O) groups is 2. The van der Waals surface area contributed by atoms with E-state index in [1.54, 1.807) is 29.6 Å². The molecule has 2 aromatic carbocycles. The van der Waals surface area contributed by atoms with Gasteiger partial charge in [-0.3, -0.25) is 14.9 Å². The molecule has 0 saturated carbocycles. The van der Waals surface area contributed by atoms with Crippen molar-refractivity contribution < 1.29 is 27.5 Å². The average Bonchev–Trinajstić information content (AvgIpc) is 3.51. The third-order valence-electron chi connectivity index (χ3n) is 4.78. The van der Waals surface area contributed by atoms with Gasteiger partial charge in [0.15, 0.2) is 31.6 Å². The van der Waals surface area contributed by atoms with Gasteiger partial charge in [-0.2, -0.15) is 0 Å². The second kappa shape index (κ2) is 8.66. The maximum atomic E-state index is 12.5. The monoisotopic (exact) mass is 516 g/mol. The molecule has 0 fully saturated rings. The van der Waals surface area contributed by atoms with E-state index in [0.29, 0.717) is 43.2 Å². The van der Waals surface area contributed by atoms with Crippen molar-refractivity contribution in [3.8, 4) is 11.5 Å². The highest BCUT2D eigenvalue weighted by molar-refractivity contribution is 7.90. The van der Waals surface area contributed by atoms with Crippen LogP contribution in [0.25, 0.3) is 10.2 Å². The lowest BCUT2D eigenvalue weighted by atomic mass is 10.2. The van der Waals surface area contributed by atoms with Crippen LogP contribution in [-0.2, 0) is 21.1 Å². The molecule has 2 amide bonds. The Hall–Kier alpha value is -3.55. The van der Waals surface area contributed by atoms with Gasteiger partial charge in [-0.05, 0) is 36.4 Å². The summed E-state index contributed by atoms with van der Waals surface area (Å²) in [6, 6.07) is 9.51. The fourth-order valence-electron chi connectivity index (χ4n) is 3.17. The molecule has 0 spiro atoms. The van der Waals surface area contributed by atoms with Crippen molar-refractivity contribution in [2.24, 2.45) is 0 Å². The molecule has 5 rings (SSSR count). The van der Waals surface area contributed by atoms with E-state index in [2.05, 4.69) is 20.6 Å². The van der Waals surface area contributed by atoms with E-state index in [1.807, 2.05) is 0 Å². The fourth-order valence-corrected chi connectivity index (χ4v) is 5.52. The molecule has 4 aromatic rings. The summed E-state index contributed by atoms with van der Waals surface area (Å²) in [5.41, 5.74) is 1.48. The van der Waals surface area contributed by atoms with E-state index in [-0.39, 0.29) is 29.9 Å². The van der Waals surface area contributed by atoms with Gasteiger partial charge in [-0.25, -0.2) is 18.4 Å². The molecule has 10 nitrogen and oxygen atoms in total. The molecule has 34 heavy (non-hydrogen) atoms. The van der Waals surface area contributed by atoms with Crippen LogP contribution >= 0.6 is 22.7 Å². The van der Waals surface area contributed by atoms with Crippen molar-refractivity contribution in [3.05, 3.63) is 53.0 Å². The Morgan fingerprint density at radius 3 is 2.68 bits per heavy atom. The Bertz CT molecular complexity index is 1540. The molecule has 0 bridgehead atoms. The van der Waals surface area contributed by atoms with Crippen LogP contribution in [0, 0.1) is 0 Å². The predicted octanol–water partition coefficient (Wildman–Crippen LogP) is 3.32. The molecule has 13 heteroatoms. The Morgan fingerprint density at radius 1 is 1.03 bits per heavy atom. The minimum atomic E-state index is -3.33. The summed E-state index contributed by atoms with van der Waals surface area (Å²) < 4.78 is 34.6. The number of ether oxygens (including phenoxy) is 2. The highest BCUT2D eigenvalue weighted by Gasteiger charge is 2.18. The van der Waals surface area contributed by atoms with E-state index in [0.717, 1.165) is 6.26 Å². The SMILES string of the molecule is CS(=O)(=O)c1ccc2nc(NC(=O)Cc3csc(NC(=O)c4ccc5c(c4)OCO5)n3)sc2c1. The first-order chi connectivity index (χ1) is 16.2. The molecule has 0 aliphatic carbocycles. The summed E-state index contributed by atoms with van der Waals surface area (Å²) in [6.45, 7) is 0.122. The van der Waals surface area contributed by atoms with Crippen LogP contribution in [0.5, 0.6) is 11.5 Å². The quantitative estimate of drug-likeness (QED) is 0.398. The minimum absolute atomic E-state index is 0.0130. The van der Waals surface area contributed by atoms with Crippen molar-refractivity contribution in [1.82, 2.24) is 9.97 Å². The number of nitrogens with zero attached hydrogens (tertiary/aromatic N) is 2. The molecule has 1 aliphatic heterocycles. The highest BCUT2D eigenvalue weighted by atomic mass is 32.2. The normalized spacial score (nSPS) is 12.6. The molecular formula is C21H16N4O6S3. The average molecular weight is 517 g/mol. The topological polar surface area (TPSA) is 137 Å². The maximum absolute atomic E-state index is 12.5. The molecule has 0 unspecified atom stereocenters. The van der Waals surface area contributed by atoms with Gasteiger partial charge in [0.1, 0.15) is 0 Å².